The lowest BCUT2D eigenvalue weighted by atomic mass is 10.2. The first-order valence-corrected chi connectivity index (χ1v) is 8.64. The number of carbonyl (C=O) groups excluding carboxylic acids is 1. The molecule has 9 heteroatoms. The van der Waals surface area contributed by atoms with Crippen molar-refractivity contribution >= 4 is 34.2 Å². The third kappa shape index (κ3) is 3.49. The maximum absolute atomic E-state index is 12.3. The lowest BCUT2D eigenvalue weighted by molar-refractivity contribution is -0.132. The summed E-state index contributed by atoms with van der Waals surface area (Å²) < 4.78 is 26.3. The lowest BCUT2D eigenvalue weighted by Crippen LogP contribution is -2.53. The van der Waals surface area contributed by atoms with Crippen molar-refractivity contribution in [3.8, 4) is 0 Å². The van der Waals surface area contributed by atoms with E-state index in [1.54, 1.807) is 23.1 Å². The molecule has 23 heavy (non-hydrogen) atoms. The van der Waals surface area contributed by atoms with E-state index in [9.17, 15) is 13.2 Å². The Morgan fingerprint density at radius 2 is 2.13 bits per heavy atom. The number of piperazine rings is 1. The summed E-state index contributed by atoms with van der Waals surface area (Å²) in [6, 6.07) is 6.74. The Bertz CT molecular complexity index is 735. The van der Waals surface area contributed by atoms with Crippen LogP contribution in [-0.4, -0.2) is 57.3 Å². The minimum absolute atomic E-state index is 0. The van der Waals surface area contributed by atoms with E-state index in [2.05, 4.69) is 15.0 Å². The normalized spacial score (nSPS) is 23.8. The molecular weight excluding hydrogens is 340 g/mol. The van der Waals surface area contributed by atoms with Gasteiger partial charge >= 0.3 is 0 Å². The second kappa shape index (κ2) is 6.86. The Kier molecular flexibility index (Phi) is 5.28. The highest BCUT2D eigenvalue weighted by Gasteiger charge is 2.30. The number of fused-ring (bicyclic) bond motifs is 1. The number of rotatable bonds is 2. The van der Waals surface area contributed by atoms with Crippen molar-refractivity contribution < 1.29 is 13.2 Å². The molecule has 0 aromatic heterocycles. The molecule has 1 amide bonds. The summed E-state index contributed by atoms with van der Waals surface area (Å²) in [6.45, 7) is 4.09. The van der Waals surface area contributed by atoms with Gasteiger partial charge in [0, 0.05) is 31.2 Å². The molecule has 0 unspecified atom stereocenters. The molecule has 2 aliphatic heterocycles. The zero-order chi connectivity index (χ0) is 15.7. The van der Waals surface area contributed by atoms with E-state index < -0.39 is 10.0 Å². The summed E-state index contributed by atoms with van der Waals surface area (Å²) in [4.78, 5) is 18.4. The van der Waals surface area contributed by atoms with Crippen LogP contribution in [0.2, 0.25) is 0 Å². The molecule has 1 aromatic carbocycles. The van der Waals surface area contributed by atoms with Crippen LogP contribution < -0.4 is 10.0 Å². The van der Waals surface area contributed by atoms with Crippen LogP contribution >= 0.6 is 12.4 Å². The highest BCUT2D eigenvalue weighted by atomic mass is 35.5. The number of carbonyl (C=O) groups is 1. The quantitative estimate of drug-likeness (QED) is 0.776. The van der Waals surface area contributed by atoms with E-state index in [0.717, 1.165) is 13.1 Å². The molecule has 0 bridgehead atoms. The molecule has 1 aromatic rings. The lowest BCUT2D eigenvalue weighted by Gasteiger charge is -2.33. The average Bonchev–Trinajstić information content (AvgIpc) is 2.77. The number of amides is 1. The number of hydrogen-bond donors (Lipinski definition) is 2. The SMILES string of the molecule is C[C@H]1CNCCN1C(=O)CN=C1NS(=O)(=O)c2ccccc21.Cl. The Hall–Kier alpha value is -1.64. The van der Waals surface area contributed by atoms with Gasteiger partial charge in [-0.05, 0) is 19.1 Å². The van der Waals surface area contributed by atoms with Crippen LogP contribution in [0.15, 0.2) is 34.2 Å². The zero-order valence-corrected chi connectivity index (χ0v) is 14.3. The van der Waals surface area contributed by atoms with E-state index >= 15 is 0 Å². The van der Waals surface area contributed by atoms with Crippen molar-refractivity contribution in [1.82, 2.24) is 14.9 Å². The van der Waals surface area contributed by atoms with Crippen molar-refractivity contribution in [1.29, 1.82) is 0 Å². The van der Waals surface area contributed by atoms with Gasteiger partial charge in [0.15, 0.2) is 0 Å². The summed E-state index contributed by atoms with van der Waals surface area (Å²) in [6.07, 6.45) is 0. The molecule has 3 rings (SSSR count). The Balaban J connectivity index is 0.00000192. The number of nitrogens with zero attached hydrogens (tertiary/aromatic N) is 2. The third-order valence-corrected chi connectivity index (χ3v) is 5.25. The molecule has 2 aliphatic rings. The predicted octanol–water partition coefficient (Wildman–Crippen LogP) is -0.0328. The van der Waals surface area contributed by atoms with Crippen LogP contribution in [0.4, 0.5) is 0 Å². The molecule has 0 saturated carbocycles. The van der Waals surface area contributed by atoms with Gasteiger partial charge in [0.25, 0.3) is 10.0 Å². The van der Waals surface area contributed by atoms with Gasteiger partial charge in [-0.15, -0.1) is 12.4 Å². The molecule has 2 N–H and O–H groups in total. The Morgan fingerprint density at radius 1 is 1.39 bits per heavy atom. The van der Waals surface area contributed by atoms with Gasteiger partial charge in [0.05, 0.1) is 4.90 Å². The van der Waals surface area contributed by atoms with Gasteiger partial charge in [-0.3, -0.25) is 14.5 Å². The first-order valence-electron chi connectivity index (χ1n) is 7.16. The van der Waals surface area contributed by atoms with Crippen LogP contribution in [0, 0.1) is 0 Å². The fraction of sp³-hybridized carbons (Fsp3) is 0.429. The fourth-order valence-electron chi connectivity index (χ4n) is 2.70. The zero-order valence-electron chi connectivity index (χ0n) is 12.7. The summed E-state index contributed by atoms with van der Waals surface area (Å²) in [5.41, 5.74) is 0.517. The van der Waals surface area contributed by atoms with Crippen LogP contribution in [-0.2, 0) is 14.8 Å². The molecule has 7 nitrogen and oxygen atoms in total. The number of amidine groups is 1. The first kappa shape index (κ1) is 17.7. The maximum atomic E-state index is 12.3. The van der Waals surface area contributed by atoms with Crippen molar-refractivity contribution in [2.75, 3.05) is 26.2 Å². The monoisotopic (exact) mass is 358 g/mol. The van der Waals surface area contributed by atoms with E-state index in [0.29, 0.717) is 12.1 Å². The molecule has 0 spiro atoms. The van der Waals surface area contributed by atoms with Crippen molar-refractivity contribution in [2.45, 2.75) is 17.9 Å². The minimum Gasteiger partial charge on any atom is -0.336 e. The number of sulfonamides is 1. The molecule has 126 valence electrons. The standard InChI is InChI=1S/C14H18N4O3S.ClH/c1-10-8-15-6-7-18(10)13(19)9-16-14-11-4-2-3-5-12(11)22(20,21)17-14;/h2-5,10,15H,6-9H2,1H3,(H,16,17);1H/t10-;/m0./s1. The van der Waals surface area contributed by atoms with Crippen LogP contribution in [0.1, 0.15) is 12.5 Å². The largest absolute Gasteiger partial charge is 0.336 e. The first-order chi connectivity index (χ1) is 10.5. The molecule has 2 heterocycles. The summed E-state index contributed by atoms with van der Waals surface area (Å²) in [7, 11) is -3.55. The van der Waals surface area contributed by atoms with Gasteiger partial charge in [-0.1, -0.05) is 12.1 Å². The minimum atomic E-state index is -3.55. The molecular formula is C14H19ClN4O3S. The van der Waals surface area contributed by atoms with Gasteiger partial charge in [-0.25, -0.2) is 8.42 Å². The van der Waals surface area contributed by atoms with Gasteiger partial charge < -0.3 is 10.2 Å². The smallest absolute Gasteiger partial charge is 0.263 e. The number of benzene rings is 1. The highest BCUT2D eigenvalue weighted by Crippen LogP contribution is 2.22. The van der Waals surface area contributed by atoms with Crippen molar-refractivity contribution in [3.63, 3.8) is 0 Å². The summed E-state index contributed by atoms with van der Waals surface area (Å²) in [5.74, 6) is 0.150. The second-order valence-corrected chi connectivity index (χ2v) is 7.06. The van der Waals surface area contributed by atoms with E-state index in [1.807, 2.05) is 6.92 Å². The van der Waals surface area contributed by atoms with Crippen molar-refractivity contribution in [2.24, 2.45) is 4.99 Å². The number of halogens is 1. The highest BCUT2D eigenvalue weighted by molar-refractivity contribution is 7.90. The average molecular weight is 359 g/mol. The van der Waals surface area contributed by atoms with Crippen LogP contribution in [0.5, 0.6) is 0 Å². The van der Waals surface area contributed by atoms with Gasteiger partial charge in [-0.2, -0.15) is 0 Å². The van der Waals surface area contributed by atoms with E-state index in [-0.39, 0.29) is 41.6 Å². The number of hydrogen-bond acceptors (Lipinski definition) is 5. The topological polar surface area (TPSA) is 90.9 Å². The summed E-state index contributed by atoms with van der Waals surface area (Å²) in [5, 5.41) is 3.22. The van der Waals surface area contributed by atoms with E-state index in [1.165, 1.54) is 6.07 Å². The third-order valence-electron chi connectivity index (χ3n) is 3.86. The predicted molar refractivity (Wildman–Crippen MR) is 89.5 cm³/mol. The van der Waals surface area contributed by atoms with Crippen LogP contribution in [0.3, 0.4) is 0 Å². The van der Waals surface area contributed by atoms with Gasteiger partial charge in [0.1, 0.15) is 12.4 Å². The summed E-state index contributed by atoms with van der Waals surface area (Å²) >= 11 is 0. The molecule has 1 atom stereocenters. The molecule has 1 fully saturated rings. The van der Waals surface area contributed by atoms with E-state index in [4.69, 9.17) is 0 Å². The fourth-order valence-corrected chi connectivity index (χ4v) is 3.95. The van der Waals surface area contributed by atoms with Gasteiger partial charge in [0.2, 0.25) is 5.91 Å². The second-order valence-electron chi connectivity index (χ2n) is 5.41. The molecule has 1 saturated heterocycles. The maximum Gasteiger partial charge on any atom is 0.263 e. The Labute approximate surface area is 141 Å². The number of aliphatic imine (C=N–C) groups is 1. The molecule has 0 radical (unpaired) electrons. The Morgan fingerprint density at radius 3 is 2.87 bits per heavy atom. The van der Waals surface area contributed by atoms with Crippen LogP contribution in [0.25, 0.3) is 0 Å². The van der Waals surface area contributed by atoms with Crippen molar-refractivity contribution in [3.05, 3.63) is 29.8 Å². The number of nitrogens with one attached hydrogen (secondary N) is 2. The molecule has 0 aliphatic carbocycles.